The number of unbranched alkanes of at least 4 members (excludes halogenated alkanes) is 28. The fraction of sp³-hybridized carbons (Fsp3) is 0.776. The predicted molar refractivity (Wildman–Crippen MR) is 275 cm³/mol. The maximum Gasteiger partial charge on any atom is 0.306 e. The molecule has 6 nitrogen and oxygen atoms in total. The van der Waals surface area contributed by atoms with Crippen LogP contribution >= 0.6 is 0 Å². The Morgan fingerprint density at radius 2 is 0.562 bits per heavy atom. The Morgan fingerprint density at radius 3 is 0.906 bits per heavy atom. The minimum Gasteiger partial charge on any atom is -0.462 e. The van der Waals surface area contributed by atoms with Crippen LogP contribution in [-0.4, -0.2) is 37.2 Å². The lowest BCUT2D eigenvalue weighted by molar-refractivity contribution is -0.167. The van der Waals surface area contributed by atoms with Crippen LogP contribution in [0.5, 0.6) is 0 Å². The van der Waals surface area contributed by atoms with Gasteiger partial charge in [0.15, 0.2) is 6.10 Å². The zero-order chi connectivity index (χ0) is 46.5. The van der Waals surface area contributed by atoms with Crippen molar-refractivity contribution in [2.24, 2.45) is 0 Å². The second-order valence-electron chi connectivity index (χ2n) is 18.1. The van der Waals surface area contributed by atoms with E-state index in [1.54, 1.807) is 0 Å². The van der Waals surface area contributed by atoms with E-state index in [1.165, 1.54) is 128 Å². The van der Waals surface area contributed by atoms with Gasteiger partial charge in [0.2, 0.25) is 0 Å². The third-order valence-electron chi connectivity index (χ3n) is 11.7. The molecule has 64 heavy (non-hydrogen) atoms. The van der Waals surface area contributed by atoms with Crippen molar-refractivity contribution < 1.29 is 28.6 Å². The summed E-state index contributed by atoms with van der Waals surface area (Å²) in [7, 11) is 0. The molecule has 370 valence electrons. The largest absolute Gasteiger partial charge is 0.462 e. The molecule has 0 aliphatic heterocycles. The molecule has 0 rings (SSSR count). The van der Waals surface area contributed by atoms with E-state index in [1.807, 2.05) is 0 Å². The van der Waals surface area contributed by atoms with E-state index in [9.17, 15) is 14.4 Å². The summed E-state index contributed by atoms with van der Waals surface area (Å²) in [4.78, 5) is 38.0. The monoisotopic (exact) mass is 895 g/mol. The molecule has 1 atom stereocenters. The molecule has 0 saturated carbocycles. The van der Waals surface area contributed by atoms with Crippen molar-refractivity contribution in [3.8, 4) is 0 Å². The van der Waals surface area contributed by atoms with Crippen LogP contribution in [0.3, 0.4) is 0 Å². The molecule has 0 amide bonds. The minimum atomic E-state index is -0.787. The molecule has 0 fully saturated rings. The molecule has 0 aliphatic carbocycles. The number of ether oxygens (including phenoxy) is 3. The zero-order valence-electron chi connectivity index (χ0n) is 42.3. The SMILES string of the molecule is CCCCC/C=C\C/C=C\CCCCCCCCCC(=O)OCC(COC(=O)CCCCCCC/C=C\CCCCCC)OC(=O)CCCCCCC/C=C\C/C=C\CCCCCC. The van der Waals surface area contributed by atoms with Crippen molar-refractivity contribution in [1.82, 2.24) is 0 Å². The quantitative estimate of drug-likeness (QED) is 0.0262. The first-order valence-electron chi connectivity index (χ1n) is 27.3. The van der Waals surface area contributed by atoms with E-state index in [4.69, 9.17) is 14.2 Å². The molecule has 0 aromatic carbocycles. The van der Waals surface area contributed by atoms with Crippen LogP contribution in [0, 0.1) is 0 Å². The molecule has 0 bridgehead atoms. The third-order valence-corrected chi connectivity index (χ3v) is 11.7. The summed E-state index contributed by atoms with van der Waals surface area (Å²) in [5.41, 5.74) is 0. The molecule has 0 heterocycles. The van der Waals surface area contributed by atoms with E-state index in [0.29, 0.717) is 19.3 Å². The Bertz CT molecular complexity index is 1170. The summed E-state index contributed by atoms with van der Waals surface area (Å²) in [6.45, 7) is 6.57. The highest BCUT2D eigenvalue weighted by Crippen LogP contribution is 2.14. The van der Waals surface area contributed by atoms with Gasteiger partial charge >= 0.3 is 17.9 Å². The van der Waals surface area contributed by atoms with Crippen molar-refractivity contribution in [2.75, 3.05) is 13.2 Å². The number of carbonyl (C=O) groups excluding carboxylic acids is 3. The molecule has 0 aromatic heterocycles. The minimum absolute atomic E-state index is 0.0863. The lowest BCUT2D eigenvalue weighted by Gasteiger charge is -2.18. The Balaban J connectivity index is 4.41. The number of allylic oxidation sites excluding steroid dienone is 10. The van der Waals surface area contributed by atoms with E-state index >= 15 is 0 Å². The van der Waals surface area contributed by atoms with Crippen molar-refractivity contribution in [2.45, 2.75) is 277 Å². The van der Waals surface area contributed by atoms with Gasteiger partial charge in [-0.2, -0.15) is 0 Å². The van der Waals surface area contributed by atoms with Crippen molar-refractivity contribution >= 4 is 17.9 Å². The summed E-state index contributed by atoms with van der Waals surface area (Å²) >= 11 is 0. The molecule has 0 aliphatic rings. The van der Waals surface area contributed by atoms with E-state index in [2.05, 4.69) is 81.5 Å². The number of esters is 3. The molecule has 0 spiro atoms. The van der Waals surface area contributed by atoms with E-state index in [0.717, 1.165) is 103 Å². The fourth-order valence-corrected chi connectivity index (χ4v) is 7.56. The van der Waals surface area contributed by atoms with Crippen molar-refractivity contribution in [3.63, 3.8) is 0 Å². The Hall–Kier alpha value is -2.89. The lowest BCUT2D eigenvalue weighted by atomic mass is 10.1. The Labute approximate surface area is 396 Å². The maximum absolute atomic E-state index is 12.8. The first-order valence-corrected chi connectivity index (χ1v) is 27.3. The first-order chi connectivity index (χ1) is 31.5. The van der Waals surface area contributed by atoms with Crippen LogP contribution in [-0.2, 0) is 28.6 Å². The molecule has 1 unspecified atom stereocenters. The molecule has 0 aromatic rings. The summed E-state index contributed by atoms with van der Waals surface area (Å²) in [5.74, 6) is -0.910. The van der Waals surface area contributed by atoms with Crippen molar-refractivity contribution in [3.05, 3.63) is 60.8 Å². The molecule has 0 N–H and O–H groups in total. The normalized spacial score (nSPS) is 12.5. The van der Waals surface area contributed by atoms with Crippen LogP contribution in [0.1, 0.15) is 271 Å². The Morgan fingerprint density at radius 1 is 0.312 bits per heavy atom. The smallest absolute Gasteiger partial charge is 0.306 e. The number of hydrogen-bond acceptors (Lipinski definition) is 6. The second-order valence-corrected chi connectivity index (χ2v) is 18.1. The summed E-state index contributed by atoms with van der Waals surface area (Å²) in [6, 6.07) is 0. The topological polar surface area (TPSA) is 78.9 Å². The summed E-state index contributed by atoms with van der Waals surface area (Å²) < 4.78 is 16.8. The number of rotatable bonds is 49. The summed E-state index contributed by atoms with van der Waals surface area (Å²) in [6.07, 6.45) is 64.8. The van der Waals surface area contributed by atoms with Crippen molar-refractivity contribution in [1.29, 1.82) is 0 Å². The average Bonchev–Trinajstić information content (AvgIpc) is 3.29. The predicted octanol–water partition coefficient (Wildman–Crippen LogP) is 18.0. The standard InChI is InChI=1S/C58H102O6/c1-4-7-10-13-16-19-22-25-27-29-31-33-36-39-42-45-48-51-57(60)63-54-55(53-62-56(59)50-47-44-41-38-35-32-24-21-18-15-12-9-6-3)64-58(61)52-49-46-43-40-37-34-30-28-26-23-20-17-14-11-8-5-2/h16,19-21,23-25,27-28,30,55H,4-15,17-18,22,26,29,31-54H2,1-3H3/b19-16-,23-20-,24-21-,27-25-,30-28-. The number of carbonyl (C=O) groups is 3. The zero-order valence-corrected chi connectivity index (χ0v) is 42.3. The van der Waals surface area contributed by atoms with Gasteiger partial charge in [0, 0.05) is 19.3 Å². The van der Waals surface area contributed by atoms with Crippen LogP contribution in [0.25, 0.3) is 0 Å². The van der Waals surface area contributed by atoms with Gasteiger partial charge in [0.05, 0.1) is 0 Å². The van der Waals surface area contributed by atoms with Gasteiger partial charge in [-0.1, -0.05) is 204 Å². The van der Waals surface area contributed by atoms with Gasteiger partial charge in [-0.25, -0.2) is 0 Å². The van der Waals surface area contributed by atoms with Crippen LogP contribution in [0.2, 0.25) is 0 Å². The first kappa shape index (κ1) is 61.1. The van der Waals surface area contributed by atoms with Gasteiger partial charge < -0.3 is 14.2 Å². The van der Waals surface area contributed by atoms with Crippen LogP contribution < -0.4 is 0 Å². The van der Waals surface area contributed by atoms with Gasteiger partial charge in [-0.15, -0.1) is 0 Å². The molecule has 0 radical (unpaired) electrons. The highest BCUT2D eigenvalue weighted by molar-refractivity contribution is 5.71. The second kappa shape index (κ2) is 52.7. The highest BCUT2D eigenvalue weighted by Gasteiger charge is 2.19. The molecule has 6 heteroatoms. The van der Waals surface area contributed by atoms with E-state index in [-0.39, 0.29) is 31.1 Å². The maximum atomic E-state index is 12.8. The molecular formula is C58H102O6. The van der Waals surface area contributed by atoms with Gasteiger partial charge in [-0.05, 0) is 109 Å². The Kier molecular flexibility index (Phi) is 50.4. The van der Waals surface area contributed by atoms with Gasteiger partial charge in [0.1, 0.15) is 13.2 Å². The molecule has 0 saturated heterocycles. The highest BCUT2D eigenvalue weighted by atomic mass is 16.6. The summed E-state index contributed by atoms with van der Waals surface area (Å²) in [5, 5.41) is 0. The lowest BCUT2D eigenvalue weighted by Crippen LogP contribution is -2.30. The van der Waals surface area contributed by atoms with Gasteiger partial charge in [0.25, 0.3) is 0 Å². The molecular weight excluding hydrogens is 793 g/mol. The average molecular weight is 895 g/mol. The fourth-order valence-electron chi connectivity index (χ4n) is 7.56. The van der Waals surface area contributed by atoms with Crippen LogP contribution in [0.4, 0.5) is 0 Å². The van der Waals surface area contributed by atoms with Crippen LogP contribution in [0.15, 0.2) is 60.8 Å². The third kappa shape index (κ3) is 50.1. The van der Waals surface area contributed by atoms with Gasteiger partial charge in [-0.3, -0.25) is 14.4 Å². The van der Waals surface area contributed by atoms with E-state index < -0.39 is 6.10 Å². The number of hydrogen-bond donors (Lipinski definition) is 0.